The molecule has 4 rings (SSSR count). The van der Waals surface area contributed by atoms with Crippen molar-refractivity contribution >= 4 is 45.3 Å². The minimum Gasteiger partial charge on any atom is -0.268 e. The molecule has 0 radical (unpaired) electrons. The highest BCUT2D eigenvalue weighted by Gasteiger charge is 2.04. The molecular weight excluding hydrogens is 302 g/mol. The molecule has 0 aliphatic carbocycles. The Bertz CT molecular complexity index is 999. The molecule has 0 saturated carbocycles. The summed E-state index contributed by atoms with van der Waals surface area (Å²) < 4.78 is 2.08. The summed E-state index contributed by atoms with van der Waals surface area (Å²) in [5.41, 5.74) is 3.82. The molecule has 0 unspecified atom stereocenters. The lowest BCUT2D eigenvalue weighted by Crippen LogP contribution is -2.08. The molecule has 2 aromatic carbocycles. The quantitative estimate of drug-likeness (QED) is 0.511. The Morgan fingerprint density at radius 1 is 1.00 bits per heavy atom. The SMILES string of the molecule is Clc1ccc(N=c2sccc3nc4ccccc4n23)cc1. The summed E-state index contributed by atoms with van der Waals surface area (Å²) in [6.45, 7) is 0. The summed E-state index contributed by atoms with van der Waals surface area (Å²) in [6.07, 6.45) is 0. The van der Waals surface area contributed by atoms with Gasteiger partial charge in [-0.1, -0.05) is 23.7 Å². The molecule has 0 aliphatic heterocycles. The van der Waals surface area contributed by atoms with Crippen molar-refractivity contribution in [3.63, 3.8) is 0 Å². The number of benzene rings is 2. The summed E-state index contributed by atoms with van der Waals surface area (Å²) >= 11 is 7.50. The highest BCUT2D eigenvalue weighted by atomic mass is 35.5. The van der Waals surface area contributed by atoms with Gasteiger partial charge >= 0.3 is 0 Å². The first-order valence-electron chi connectivity index (χ1n) is 6.46. The minimum absolute atomic E-state index is 0.712. The van der Waals surface area contributed by atoms with Gasteiger partial charge in [0.25, 0.3) is 0 Å². The summed E-state index contributed by atoms with van der Waals surface area (Å²) in [7, 11) is 0. The maximum atomic E-state index is 5.92. The molecule has 0 saturated heterocycles. The van der Waals surface area contributed by atoms with Crippen LogP contribution in [0.15, 0.2) is 65.0 Å². The fraction of sp³-hybridized carbons (Fsp3) is 0. The van der Waals surface area contributed by atoms with Crippen molar-refractivity contribution in [2.24, 2.45) is 4.99 Å². The first kappa shape index (κ1) is 12.6. The highest BCUT2D eigenvalue weighted by Crippen LogP contribution is 2.17. The van der Waals surface area contributed by atoms with E-state index in [1.165, 1.54) is 0 Å². The van der Waals surface area contributed by atoms with Crippen LogP contribution in [0.25, 0.3) is 16.7 Å². The Balaban J connectivity index is 2.06. The van der Waals surface area contributed by atoms with E-state index in [0.29, 0.717) is 5.02 Å². The van der Waals surface area contributed by atoms with Crippen molar-refractivity contribution in [3.8, 4) is 0 Å². The van der Waals surface area contributed by atoms with Crippen LogP contribution in [0, 0.1) is 0 Å². The topological polar surface area (TPSA) is 29.7 Å². The summed E-state index contributed by atoms with van der Waals surface area (Å²) in [6, 6.07) is 17.6. The second-order valence-electron chi connectivity index (χ2n) is 4.59. The first-order valence-corrected chi connectivity index (χ1v) is 7.72. The number of para-hydroxylation sites is 2. The number of hydrogen-bond acceptors (Lipinski definition) is 3. The van der Waals surface area contributed by atoms with E-state index >= 15 is 0 Å². The van der Waals surface area contributed by atoms with E-state index in [-0.39, 0.29) is 0 Å². The summed E-state index contributed by atoms with van der Waals surface area (Å²) in [5.74, 6) is 0. The number of aromatic nitrogens is 2. The Kier molecular flexibility index (Phi) is 2.98. The van der Waals surface area contributed by atoms with Crippen LogP contribution in [-0.4, -0.2) is 9.38 Å². The summed E-state index contributed by atoms with van der Waals surface area (Å²) in [4.78, 5) is 10.2. The third-order valence-corrected chi connectivity index (χ3v) is 4.23. The van der Waals surface area contributed by atoms with Crippen LogP contribution in [0.4, 0.5) is 5.69 Å². The van der Waals surface area contributed by atoms with Crippen molar-refractivity contribution in [1.82, 2.24) is 9.38 Å². The Morgan fingerprint density at radius 2 is 1.81 bits per heavy atom. The van der Waals surface area contributed by atoms with Crippen molar-refractivity contribution in [2.45, 2.75) is 0 Å². The number of halogens is 1. The fourth-order valence-corrected chi connectivity index (χ4v) is 3.16. The molecular formula is C16H10ClN3S. The van der Waals surface area contributed by atoms with E-state index in [2.05, 4.69) is 15.5 Å². The van der Waals surface area contributed by atoms with E-state index in [0.717, 1.165) is 27.2 Å². The van der Waals surface area contributed by atoms with Gasteiger partial charge in [0.1, 0.15) is 5.65 Å². The molecule has 21 heavy (non-hydrogen) atoms. The van der Waals surface area contributed by atoms with Crippen LogP contribution in [0.5, 0.6) is 0 Å². The van der Waals surface area contributed by atoms with Gasteiger partial charge in [-0.2, -0.15) is 0 Å². The zero-order valence-electron chi connectivity index (χ0n) is 10.9. The maximum Gasteiger partial charge on any atom is 0.196 e. The number of rotatable bonds is 1. The number of imidazole rings is 1. The number of fused-ring (bicyclic) bond motifs is 3. The maximum absolute atomic E-state index is 5.92. The lowest BCUT2D eigenvalue weighted by atomic mass is 10.3. The largest absolute Gasteiger partial charge is 0.268 e. The van der Waals surface area contributed by atoms with E-state index < -0.39 is 0 Å². The van der Waals surface area contributed by atoms with Gasteiger partial charge in [-0.3, -0.25) is 4.40 Å². The number of hydrogen-bond donors (Lipinski definition) is 0. The van der Waals surface area contributed by atoms with E-state index in [4.69, 9.17) is 16.6 Å². The zero-order valence-corrected chi connectivity index (χ0v) is 12.5. The van der Waals surface area contributed by atoms with E-state index in [1.54, 1.807) is 11.3 Å². The second kappa shape index (κ2) is 4.98. The lowest BCUT2D eigenvalue weighted by Gasteiger charge is -1.97. The third kappa shape index (κ3) is 2.22. The molecule has 2 aromatic heterocycles. The van der Waals surface area contributed by atoms with Crippen molar-refractivity contribution in [2.75, 3.05) is 0 Å². The van der Waals surface area contributed by atoms with Crippen molar-refractivity contribution in [3.05, 3.63) is 69.8 Å². The average molecular weight is 312 g/mol. The molecule has 102 valence electrons. The molecule has 3 nitrogen and oxygen atoms in total. The lowest BCUT2D eigenvalue weighted by molar-refractivity contribution is 1.14. The van der Waals surface area contributed by atoms with Crippen LogP contribution in [0.1, 0.15) is 0 Å². The fourth-order valence-electron chi connectivity index (χ4n) is 2.27. The summed E-state index contributed by atoms with van der Waals surface area (Å²) in [5, 5.41) is 2.72. The Morgan fingerprint density at radius 3 is 2.67 bits per heavy atom. The highest BCUT2D eigenvalue weighted by molar-refractivity contribution is 7.06. The predicted molar refractivity (Wildman–Crippen MR) is 87.3 cm³/mol. The standard InChI is InChI=1S/C16H10ClN3S/c17-11-5-7-12(8-6-11)18-16-20-14-4-2-1-3-13(14)19-15(20)9-10-21-16/h1-10H. The molecule has 0 amide bonds. The van der Waals surface area contributed by atoms with Crippen LogP contribution < -0.4 is 4.80 Å². The number of nitrogens with zero attached hydrogens (tertiary/aromatic N) is 3. The Labute approximate surface area is 129 Å². The molecule has 0 bridgehead atoms. The Hall–Kier alpha value is -2.17. The smallest absolute Gasteiger partial charge is 0.196 e. The van der Waals surface area contributed by atoms with Crippen LogP contribution in [-0.2, 0) is 0 Å². The van der Waals surface area contributed by atoms with Gasteiger partial charge in [-0.15, -0.1) is 11.3 Å². The van der Waals surface area contributed by atoms with Gasteiger partial charge < -0.3 is 0 Å². The van der Waals surface area contributed by atoms with Gasteiger partial charge in [0, 0.05) is 5.02 Å². The second-order valence-corrected chi connectivity index (χ2v) is 5.89. The van der Waals surface area contributed by atoms with Gasteiger partial charge in [-0.05, 0) is 47.8 Å². The van der Waals surface area contributed by atoms with Gasteiger partial charge in [0.05, 0.1) is 16.7 Å². The molecule has 0 N–H and O–H groups in total. The first-order chi connectivity index (χ1) is 10.3. The molecule has 0 spiro atoms. The predicted octanol–water partition coefficient (Wildman–Crippen LogP) is 4.43. The monoisotopic (exact) mass is 311 g/mol. The molecule has 0 fully saturated rings. The van der Waals surface area contributed by atoms with Crippen LogP contribution in [0.3, 0.4) is 0 Å². The molecule has 5 heteroatoms. The molecule has 0 aliphatic rings. The molecule has 2 heterocycles. The van der Waals surface area contributed by atoms with E-state index in [9.17, 15) is 0 Å². The minimum atomic E-state index is 0.712. The average Bonchev–Trinajstić information content (AvgIpc) is 2.89. The van der Waals surface area contributed by atoms with Crippen LogP contribution in [0.2, 0.25) is 5.02 Å². The van der Waals surface area contributed by atoms with Gasteiger partial charge in [-0.25, -0.2) is 9.98 Å². The van der Waals surface area contributed by atoms with Crippen molar-refractivity contribution in [1.29, 1.82) is 0 Å². The van der Waals surface area contributed by atoms with Gasteiger partial charge in [0.2, 0.25) is 0 Å². The van der Waals surface area contributed by atoms with Crippen LogP contribution >= 0.6 is 22.9 Å². The molecule has 0 atom stereocenters. The van der Waals surface area contributed by atoms with E-state index in [1.807, 2.05) is 53.9 Å². The van der Waals surface area contributed by atoms with Gasteiger partial charge in [0.15, 0.2) is 4.80 Å². The third-order valence-electron chi connectivity index (χ3n) is 3.22. The zero-order chi connectivity index (χ0) is 14.2. The van der Waals surface area contributed by atoms with Crippen molar-refractivity contribution < 1.29 is 0 Å². The molecule has 4 aromatic rings. The normalized spacial score (nSPS) is 12.3.